The summed E-state index contributed by atoms with van der Waals surface area (Å²) in [6, 6.07) is 17.7. The standard InChI is InChI=1S/C26H24N6O2/c33-25(19-10-12-21(13-11-19)32-17-28-16-29-32)31-24(20-7-4-14-27-15-20)26(34)30-23-9-3-6-18-5-1-2-8-22(18)23/h1-2,4-5,7-8,10-17,23-24H,3,6,9H2,(H,30,34)(H,31,33). The molecule has 0 radical (unpaired) electrons. The number of fused-ring (bicyclic) bond motifs is 1. The van der Waals surface area contributed by atoms with E-state index in [2.05, 4.69) is 37.8 Å². The van der Waals surface area contributed by atoms with Crippen LogP contribution in [0.2, 0.25) is 0 Å². The van der Waals surface area contributed by atoms with Crippen LogP contribution in [-0.2, 0) is 11.2 Å². The van der Waals surface area contributed by atoms with Crippen molar-refractivity contribution in [2.24, 2.45) is 0 Å². The molecular weight excluding hydrogens is 428 g/mol. The molecule has 1 aliphatic rings. The monoisotopic (exact) mass is 452 g/mol. The van der Waals surface area contributed by atoms with Gasteiger partial charge in [-0.1, -0.05) is 30.3 Å². The molecule has 0 aliphatic heterocycles. The van der Waals surface area contributed by atoms with Gasteiger partial charge in [-0.2, -0.15) is 5.10 Å². The number of rotatable bonds is 6. The number of nitrogens with zero attached hydrogens (tertiary/aromatic N) is 4. The second-order valence-corrected chi connectivity index (χ2v) is 8.23. The van der Waals surface area contributed by atoms with Gasteiger partial charge < -0.3 is 10.6 Å². The third-order valence-corrected chi connectivity index (χ3v) is 6.05. The number of aromatic nitrogens is 4. The van der Waals surface area contributed by atoms with Gasteiger partial charge in [-0.3, -0.25) is 14.6 Å². The quantitative estimate of drug-likeness (QED) is 0.467. The maximum Gasteiger partial charge on any atom is 0.252 e. The minimum absolute atomic E-state index is 0.0875. The van der Waals surface area contributed by atoms with Crippen LogP contribution >= 0.6 is 0 Å². The van der Waals surface area contributed by atoms with Gasteiger partial charge in [0.05, 0.1) is 11.7 Å². The Kier molecular flexibility index (Phi) is 6.11. The fourth-order valence-electron chi connectivity index (χ4n) is 4.33. The number of hydrogen-bond acceptors (Lipinski definition) is 5. The third kappa shape index (κ3) is 4.56. The fraction of sp³-hybridized carbons (Fsp3) is 0.192. The molecule has 0 saturated carbocycles. The summed E-state index contributed by atoms with van der Waals surface area (Å²) in [5, 5.41) is 10.1. The molecule has 2 aromatic carbocycles. The van der Waals surface area contributed by atoms with Gasteiger partial charge in [-0.25, -0.2) is 9.67 Å². The van der Waals surface area contributed by atoms with E-state index in [1.807, 2.05) is 12.1 Å². The molecule has 0 bridgehead atoms. The summed E-state index contributed by atoms with van der Waals surface area (Å²) in [5.74, 6) is -0.611. The van der Waals surface area contributed by atoms with Gasteiger partial charge in [0.25, 0.3) is 5.91 Å². The van der Waals surface area contributed by atoms with Crippen molar-refractivity contribution in [2.45, 2.75) is 31.3 Å². The van der Waals surface area contributed by atoms with E-state index >= 15 is 0 Å². The van der Waals surface area contributed by atoms with E-state index < -0.39 is 6.04 Å². The van der Waals surface area contributed by atoms with Crippen molar-refractivity contribution in [1.82, 2.24) is 30.4 Å². The second kappa shape index (κ2) is 9.66. The Morgan fingerprint density at radius 2 is 1.85 bits per heavy atom. The van der Waals surface area contributed by atoms with Crippen molar-refractivity contribution in [2.75, 3.05) is 0 Å². The molecular formula is C26H24N6O2. The number of pyridine rings is 1. The maximum atomic E-state index is 13.4. The molecule has 0 fully saturated rings. The average Bonchev–Trinajstić information content (AvgIpc) is 3.43. The van der Waals surface area contributed by atoms with Gasteiger partial charge in [-0.15, -0.1) is 0 Å². The van der Waals surface area contributed by atoms with E-state index in [0.717, 1.165) is 30.5 Å². The van der Waals surface area contributed by atoms with E-state index in [1.54, 1.807) is 59.8 Å². The van der Waals surface area contributed by atoms with Gasteiger partial charge in [-0.05, 0) is 60.7 Å². The number of aryl methyl sites for hydroxylation is 1. The first-order valence-corrected chi connectivity index (χ1v) is 11.2. The zero-order valence-corrected chi connectivity index (χ0v) is 18.5. The van der Waals surface area contributed by atoms with Crippen LogP contribution in [-0.4, -0.2) is 31.6 Å². The highest BCUT2D eigenvalue weighted by Gasteiger charge is 2.28. The van der Waals surface area contributed by atoms with Crippen LogP contribution in [0.25, 0.3) is 5.69 Å². The number of nitrogens with one attached hydrogen (secondary N) is 2. The summed E-state index contributed by atoms with van der Waals surface area (Å²) < 4.78 is 1.61. The Morgan fingerprint density at radius 1 is 1.00 bits per heavy atom. The van der Waals surface area contributed by atoms with Crippen molar-refractivity contribution in [1.29, 1.82) is 0 Å². The molecule has 2 N–H and O–H groups in total. The van der Waals surface area contributed by atoms with E-state index in [0.29, 0.717) is 11.1 Å². The largest absolute Gasteiger partial charge is 0.347 e. The Hall–Kier alpha value is -4.33. The molecule has 1 aliphatic carbocycles. The highest BCUT2D eigenvalue weighted by atomic mass is 16.2. The van der Waals surface area contributed by atoms with E-state index in [4.69, 9.17) is 0 Å². The molecule has 8 heteroatoms. The van der Waals surface area contributed by atoms with Gasteiger partial charge in [0.1, 0.15) is 18.7 Å². The van der Waals surface area contributed by atoms with Crippen LogP contribution in [0, 0.1) is 0 Å². The molecule has 2 atom stereocenters. The van der Waals surface area contributed by atoms with Gasteiger partial charge in [0.15, 0.2) is 0 Å². The van der Waals surface area contributed by atoms with Crippen molar-refractivity contribution in [3.63, 3.8) is 0 Å². The maximum absolute atomic E-state index is 13.4. The number of carbonyl (C=O) groups excluding carboxylic acids is 2. The average molecular weight is 453 g/mol. The topological polar surface area (TPSA) is 102 Å². The summed E-state index contributed by atoms with van der Waals surface area (Å²) in [4.78, 5) is 34.6. The lowest BCUT2D eigenvalue weighted by Crippen LogP contribution is -2.42. The Balaban J connectivity index is 1.35. The third-order valence-electron chi connectivity index (χ3n) is 6.05. The first-order valence-electron chi connectivity index (χ1n) is 11.2. The van der Waals surface area contributed by atoms with Crippen molar-refractivity contribution >= 4 is 11.8 Å². The molecule has 0 spiro atoms. The van der Waals surface area contributed by atoms with E-state index in [1.165, 1.54) is 11.9 Å². The van der Waals surface area contributed by atoms with Crippen LogP contribution in [0.5, 0.6) is 0 Å². The van der Waals surface area contributed by atoms with Crippen LogP contribution in [0.3, 0.4) is 0 Å². The second-order valence-electron chi connectivity index (χ2n) is 8.23. The number of amides is 2. The van der Waals surface area contributed by atoms with Crippen LogP contribution in [0.4, 0.5) is 0 Å². The van der Waals surface area contributed by atoms with E-state index in [-0.39, 0.29) is 17.9 Å². The molecule has 170 valence electrons. The normalized spacial score (nSPS) is 15.7. The zero-order valence-electron chi connectivity index (χ0n) is 18.5. The predicted molar refractivity (Wildman–Crippen MR) is 126 cm³/mol. The first kappa shape index (κ1) is 21.5. The molecule has 2 unspecified atom stereocenters. The summed E-state index contributed by atoms with van der Waals surface area (Å²) in [6.07, 6.45) is 9.15. The van der Waals surface area contributed by atoms with Crippen LogP contribution < -0.4 is 10.6 Å². The van der Waals surface area contributed by atoms with E-state index in [9.17, 15) is 9.59 Å². The Morgan fingerprint density at radius 3 is 2.62 bits per heavy atom. The summed E-state index contributed by atoms with van der Waals surface area (Å²) in [6.45, 7) is 0. The van der Waals surface area contributed by atoms with Crippen molar-refractivity contribution < 1.29 is 9.59 Å². The molecule has 34 heavy (non-hydrogen) atoms. The summed E-state index contributed by atoms with van der Waals surface area (Å²) in [5.41, 5.74) is 4.24. The molecule has 2 heterocycles. The molecule has 4 aromatic rings. The SMILES string of the molecule is O=C(NC(C(=O)NC1CCCc2ccccc21)c1cccnc1)c1ccc(-n2cncn2)cc1. The fourth-order valence-corrected chi connectivity index (χ4v) is 4.33. The lowest BCUT2D eigenvalue weighted by molar-refractivity contribution is -0.124. The lowest BCUT2D eigenvalue weighted by atomic mass is 9.87. The predicted octanol–water partition coefficient (Wildman–Crippen LogP) is 3.33. The van der Waals surface area contributed by atoms with Gasteiger partial charge >= 0.3 is 0 Å². The number of hydrogen-bond donors (Lipinski definition) is 2. The molecule has 2 amide bonds. The first-order chi connectivity index (χ1) is 16.7. The molecule has 2 aromatic heterocycles. The Bertz CT molecular complexity index is 1270. The summed E-state index contributed by atoms with van der Waals surface area (Å²) in [7, 11) is 0. The van der Waals surface area contributed by atoms with Gasteiger partial charge in [0.2, 0.25) is 5.91 Å². The van der Waals surface area contributed by atoms with Crippen molar-refractivity contribution in [3.05, 3.63) is 108 Å². The minimum atomic E-state index is -0.870. The molecule has 8 nitrogen and oxygen atoms in total. The van der Waals surface area contributed by atoms with Crippen LogP contribution in [0.1, 0.15) is 52.0 Å². The minimum Gasteiger partial charge on any atom is -0.347 e. The molecule has 5 rings (SSSR count). The zero-order chi connectivity index (χ0) is 23.3. The number of benzene rings is 2. The highest BCUT2D eigenvalue weighted by molar-refractivity contribution is 5.98. The lowest BCUT2D eigenvalue weighted by Gasteiger charge is -2.28. The van der Waals surface area contributed by atoms with Crippen molar-refractivity contribution in [3.8, 4) is 5.69 Å². The van der Waals surface area contributed by atoms with Crippen LogP contribution in [0.15, 0.2) is 85.7 Å². The smallest absolute Gasteiger partial charge is 0.252 e. The van der Waals surface area contributed by atoms with Gasteiger partial charge in [0, 0.05) is 23.5 Å². The number of carbonyl (C=O) groups is 2. The molecule has 0 saturated heterocycles. The Labute approximate surface area is 197 Å². The highest BCUT2D eigenvalue weighted by Crippen LogP contribution is 2.30. The summed E-state index contributed by atoms with van der Waals surface area (Å²) >= 11 is 0.